The molecule has 0 saturated carbocycles. The molecule has 1 fully saturated rings. The van der Waals surface area contributed by atoms with Crippen LogP contribution in [0.2, 0.25) is 0 Å². The summed E-state index contributed by atoms with van der Waals surface area (Å²) in [6.07, 6.45) is 4.79. The molecule has 1 saturated heterocycles. The number of carboxylic acids is 1. The predicted octanol–water partition coefficient (Wildman–Crippen LogP) is 3.70. The summed E-state index contributed by atoms with van der Waals surface area (Å²) in [4.78, 5) is 25.4. The molecule has 0 bridgehead atoms. The molecule has 1 aromatic carbocycles. The maximum absolute atomic E-state index is 12.7. The first-order chi connectivity index (χ1) is 11.9. The second-order valence-corrected chi connectivity index (χ2v) is 7.15. The molecule has 1 aliphatic heterocycles. The number of carboxylic acid groups (broad SMARTS) is 1. The van der Waals surface area contributed by atoms with E-state index in [9.17, 15) is 9.59 Å². The zero-order chi connectivity index (χ0) is 18.0. The van der Waals surface area contributed by atoms with Gasteiger partial charge in [0, 0.05) is 30.5 Å². The van der Waals surface area contributed by atoms with Gasteiger partial charge >= 0.3 is 5.97 Å². The fraction of sp³-hybridized carbons (Fsp3) is 0.500. The molecule has 25 heavy (non-hydrogen) atoms. The van der Waals surface area contributed by atoms with Crippen LogP contribution < -0.4 is 0 Å². The third-order valence-corrected chi connectivity index (χ3v) is 5.25. The van der Waals surface area contributed by atoms with Gasteiger partial charge in [-0.25, -0.2) is 0 Å². The van der Waals surface area contributed by atoms with E-state index in [1.54, 1.807) is 6.26 Å². The minimum absolute atomic E-state index is 0.0981. The third-order valence-electron chi connectivity index (χ3n) is 5.25. The van der Waals surface area contributed by atoms with Gasteiger partial charge < -0.3 is 14.4 Å². The SMILES string of the molecule is Cc1cc2occ(CC(=O)N3CCCC(CCC(=O)O)C3)c2cc1C. The van der Waals surface area contributed by atoms with E-state index in [1.165, 1.54) is 11.1 Å². The summed E-state index contributed by atoms with van der Waals surface area (Å²) in [6.45, 7) is 5.54. The van der Waals surface area contributed by atoms with Crippen LogP contribution in [0.5, 0.6) is 0 Å². The Balaban J connectivity index is 1.67. The number of carbonyl (C=O) groups is 2. The highest BCUT2D eigenvalue weighted by Gasteiger charge is 2.25. The highest BCUT2D eigenvalue weighted by atomic mass is 16.4. The van der Waals surface area contributed by atoms with Gasteiger partial charge in [0.05, 0.1) is 12.7 Å². The third kappa shape index (κ3) is 4.03. The van der Waals surface area contributed by atoms with E-state index in [0.29, 0.717) is 25.3 Å². The van der Waals surface area contributed by atoms with Crippen LogP contribution in [0.3, 0.4) is 0 Å². The molecular weight excluding hydrogens is 318 g/mol. The lowest BCUT2D eigenvalue weighted by Gasteiger charge is -2.32. The normalized spacial score (nSPS) is 17.8. The molecule has 1 aliphatic rings. The summed E-state index contributed by atoms with van der Waals surface area (Å²) in [7, 11) is 0. The van der Waals surface area contributed by atoms with Gasteiger partial charge in [-0.3, -0.25) is 9.59 Å². The maximum Gasteiger partial charge on any atom is 0.303 e. The second kappa shape index (κ2) is 7.30. The lowest BCUT2D eigenvalue weighted by Crippen LogP contribution is -2.40. The van der Waals surface area contributed by atoms with Crippen molar-refractivity contribution >= 4 is 22.8 Å². The van der Waals surface area contributed by atoms with Gasteiger partial charge in [0.15, 0.2) is 0 Å². The van der Waals surface area contributed by atoms with E-state index in [-0.39, 0.29) is 12.3 Å². The van der Waals surface area contributed by atoms with Crippen molar-refractivity contribution in [3.05, 3.63) is 35.1 Å². The van der Waals surface area contributed by atoms with Crippen molar-refractivity contribution < 1.29 is 19.1 Å². The number of furan rings is 1. The number of nitrogens with zero attached hydrogens (tertiary/aromatic N) is 1. The molecule has 3 rings (SSSR count). The highest BCUT2D eigenvalue weighted by molar-refractivity contribution is 5.88. The molecule has 0 spiro atoms. The van der Waals surface area contributed by atoms with Gasteiger partial charge in [0.2, 0.25) is 5.91 Å². The Morgan fingerprint density at radius 1 is 1.28 bits per heavy atom. The van der Waals surface area contributed by atoms with Crippen LogP contribution in [0.15, 0.2) is 22.8 Å². The Kier molecular flexibility index (Phi) is 5.11. The largest absolute Gasteiger partial charge is 0.481 e. The molecule has 0 aliphatic carbocycles. The van der Waals surface area contributed by atoms with Gasteiger partial charge in [0.1, 0.15) is 5.58 Å². The van der Waals surface area contributed by atoms with Crippen molar-refractivity contribution in [3.63, 3.8) is 0 Å². The van der Waals surface area contributed by atoms with Gasteiger partial charge in [-0.2, -0.15) is 0 Å². The minimum atomic E-state index is -0.765. The minimum Gasteiger partial charge on any atom is -0.481 e. The molecule has 2 aromatic rings. The summed E-state index contributed by atoms with van der Waals surface area (Å²) >= 11 is 0. The first-order valence-corrected chi connectivity index (χ1v) is 8.91. The number of benzene rings is 1. The Labute approximate surface area is 147 Å². The maximum atomic E-state index is 12.7. The van der Waals surface area contributed by atoms with E-state index in [2.05, 4.69) is 13.0 Å². The molecule has 5 heteroatoms. The standard InChI is InChI=1S/C20H25NO4/c1-13-8-17-16(12-25-18(17)9-14(13)2)10-19(22)21-7-3-4-15(11-21)5-6-20(23)24/h8-9,12,15H,3-7,10-11H2,1-2H3,(H,23,24). The average molecular weight is 343 g/mol. The van der Waals surface area contributed by atoms with Gasteiger partial charge in [0.25, 0.3) is 0 Å². The van der Waals surface area contributed by atoms with Crippen molar-refractivity contribution in [2.75, 3.05) is 13.1 Å². The second-order valence-electron chi connectivity index (χ2n) is 7.15. The first-order valence-electron chi connectivity index (χ1n) is 8.91. The number of piperidine rings is 1. The number of carbonyl (C=O) groups excluding carboxylic acids is 1. The van der Waals surface area contributed by atoms with Crippen molar-refractivity contribution in [1.29, 1.82) is 0 Å². The zero-order valence-electron chi connectivity index (χ0n) is 14.9. The molecule has 1 unspecified atom stereocenters. The van der Waals surface area contributed by atoms with E-state index in [1.807, 2.05) is 17.9 Å². The molecule has 5 nitrogen and oxygen atoms in total. The number of aryl methyl sites for hydroxylation is 2. The number of hydrogen-bond donors (Lipinski definition) is 1. The van der Waals surface area contributed by atoms with Crippen LogP contribution in [0.4, 0.5) is 0 Å². The topological polar surface area (TPSA) is 70.8 Å². The molecular formula is C20H25NO4. The van der Waals surface area contributed by atoms with E-state index in [0.717, 1.165) is 35.9 Å². The number of fused-ring (bicyclic) bond motifs is 1. The predicted molar refractivity (Wildman–Crippen MR) is 95.6 cm³/mol. The quantitative estimate of drug-likeness (QED) is 0.899. The Morgan fingerprint density at radius 3 is 2.80 bits per heavy atom. The monoisotopic (exact) mass is 343 g/mol. The van der Waals surface area contributed by atoms with E-state index >= 15 is 0 Å². The Morgan fingerprint density at radius 2 is 2.04 bits per heavy atom. The van der Waals surface area contributed by atoms with Crippen molar-refractivity contribution in [1.82, 2.24) is 4.90 Å². The molecule has 134 valence electrons. The smallest absolute Gasteiger partial charge is 0.303 e. The van der Waals surface area contributed by atoms with Crippen LogP contribution in [0.1, 0.15) is 42.4 Å². The van der Waals surface area contributed by atoms with Gasteiger partial charge in [-0.1, -0.05) is 0 Å². The summed E-state index contributed by atoms with van der Waals surface area (Å²) in [6, 6.07) is 4.10. The molecule has 1 amide bonds. The van der Waals surface area contributed by atoms with E-state index in [4.69, 9.17) is 9.52 Å². The van der Waals surface area contributed by atoms with Crippen molar-refractivity contribution in [3.8, 4) is 0 Å². The van der Waals surface area contributed by atoms with Gasteiger partial charge in [-0.15, -0.1) is 0 Å². The van der Waals surface area contributed by atoms with Crippen LogP contribution >= 0.6 is 0 Å². The summed E-state index contributed by atoms with van der Waals surface area (Å²) in [5, 5.41) is 9.85. The average Bonchev–Trinajstić information content (AvgIpc) is 2.95. The lowest BCUT2D eigenvalue weighted by atomic mass is 9.93. The zero-order valence-corrected chi connectivity index (χ0v) is 14.9. The number of likely N-dealkylation sites (tertiary alicyclic amines) is 1. The fourth-order valence-electron chi connectivity index (χ4n) is 3.60. The summed E-state index contributed by atoms with van der Waals surface area (Å²) < 4.78 is 5.62. The molecule has 1 aromatic heterocycles. The lowest BCUT2D eigenvalue weighted by molar-refractivity contribution is -0.137. The molecule has 0 radical (unpaired) electrons. The summed E-state index contributed by atoms with van der Waals surface area (Å²) in [5.74, 6) is -0.375. The van der Waals surface area contributed by atoms with Crippen molar-refractivity contribution in [2.45, 2.75) is 46.0 Å². The molecule has 2 heterocycles. The number of aliphatic carboxylic acids is 1. The molecule has 1 N–H and O–H groups in total. The van der Waals surface area contributed by atoms with Crippen LogP contribution in [-0.4, -0.2) is 35.0 Å². The first kappa shape index (κ1) is 17.5. The summed E-state index contributed by atoms with van der Waals surface area (Å²) in [5.41, 5.74) is 4.12. The highest BCUT2D eigenvalue weighted by Crippen LogP contribution is 2.27. The number of rotatable bonds is 5. The Hall–Kier alpha value is -2.30. The fourth-order valence-corrected chi connectivity index (χ4v) is 3.60. The van der Waals surface area contributed by atoms with Crippen molar-refractivity contribution in [2.24, 2.45) is 5.92 Å². The number of hydrogen-bond acceptors (Lipinski definition) is 3. The Bertz CT molecular complexity index is 792. The van der Waals surface area contributed by atoms with Gasteiger partial charge in [-0.05, 0) is 62.3 Å². The van der Waals surface area contributed by atoms with Crippen LogP contribution in [-0.2, 0) is 16.0 Å². The number of amides is 1. The van der Waals surface area contributed by atoms with E-state index < -0.39 is 5.97 Å². The molecule has 1 atom stereocenters. The van der Waals surface area contributed by atoms with Crippen LogP contribution in [0.25, 0.3) is 11.0 Å². The van der Waals surface area contributed by atoms with Crippen LogP contribution in [0, 0.1) is 19.8 Å².